The summed E-state index contributed by atoms with van der Waals surface area (Å²) in [5, 5.41) is 3.30. The fourth-order valence-electron chi connectivity index (χ4n) is 2.14. The van der Waals surface area contributed by atoms with E-state index in [1.165, 1.54) is 5.56 Å². The second-order valence-corrected chi connectivity index (χ2v) is 4.70. The van der Waals surface area contributed by atoms with Gasteiger partial charge >= 0.3 is 0 Å². The van der Waals surface area contributed by atoms with Crippen LogP contribution in [0.15, 0.2) is 48.8 Å². The number of rotatable bonds is 5. The molecule has 0 spiro atoms. The Morgan fingerprint density at radius 1 is 1.05 bits per heavy atom. The Kier molecular flexibility index (Phi) is 4.02. The van der Waals surface area contributed by atoms with Gasteiger partial charge in [-0.25, -0.2) is 9.97 Å². The minimum atomic E-state index is 0.623. The molecule has 0 bridgehead atoms. The van der Waals surface area contributed by atoms with Crippen LogP contribution in [0, 0.1) is 0 Å². The van der Waals surface area contributed by atoms with Gasteiger partial charge in [0.1, 0.15) is 11.3 Å². The number of ether oxygens (including phenoxy) is 1. The van der Waals surface area contributed by atoms with Crippen molar-refractivity contribution in [3.63, 3.8) is 0 Å². The van der Waals surface area contributed by atoms with Crippen molar-refractivity contribution in [2.24, 2.45) is 0 Å². The first-order valence-electron chi connectivity index (χ1n) is 6.73. The van der Waals surface area contributed by atoms with Gasteiger partial charge in [0.2, 0.25) is 0 Å². The highest BCUT2D eigenvalue weighted by Gasteiger charge is 2.00. The van der Waals surface area contributed by atoms with Crippen LogP contribution in [0.2, 0.25) is 0 Å². The van der Waals surface area contributed by atoms with E-state index in [1.54, 1.807) is 19.5 Å². The third-order valence-corrected chi connectivity index (χ3v) is 3.11. The molecule has 2 heterocycles. The molecule has 106 valence electrons. The molecular formula is C16H16N4O. The van der Waals surface area contributed by atoms with Crippen molar-refractivity contribution < 1.29 is 4.74 Å². The number of nitrogens with one attached hydrogen (secondary N) is 1. The molecule has 1 N–H and O–H groups in total. The number of methoxy groups -OCH3 is 1. The van der Waals surface area contributed by atoms with Crippen LogP contribution in [-0.2, 0) is 17.9 Å². The van der Waals surface area contributed by atoms with Crippen LogP contribution in [0.4, 0.5) is 5.82 Å². The molecule has 0 fully saturated rings. The standard InChI is InChI=1S/C16H16N4O/c1-21-11-13-4-2-3-12(9-13)10-19-15-6-5-14-16(20-15)18-8-7-17-14/h2-9H,10-11H2,1H3,(H,18,19,20). The largest absolute Gasteiger partial charge is 0.380 e. The van der Waals surface area contributed by atoms with Crippen molar-refractivity contribution in [2.75, 3.05) is 12.4 Å². The third-order valence-electron chi connectivity index (χ3n) is 3.11. The van der Waals surface area contributed by atoms with Gasteiger partial charge in [-0.1, -0.05) is 24.3 Å². The lowest BCUT2D eigenvalue weighted by molar-refractivity contribution is 0.185. The van der Waals surface area contributed by atoms with E-state index in [9.17, 15) is 0 Å². The first-order valence-corrected chi connectivity index (χ1v) is 6.73. The van der Waals surface area contributed by atoms with E-state index in [2.05, 4.69) is 38.5 Å². The van der Waals surface area contributed by atoms with E-state index in [0.29, 0.717) is 18.8 Å². The van der Waals surface area contributed by atoms with Crippen LogP contribution in [0.25, 0.3) is 11.2 Å². The summed E-state index contributed by atoms with van der Waals surface area (Å²) in [4.78, 5) is 12.9. The molecule has 0 saturated carbocycles. The second-order valence-electron chi connectivity index (χ2n) is 4.70. The molecule has 0 atom stereocenters. The minimum absolute atomic E-state index is 0.623. The molecule has 0 unspecified atom stereocenters. The normalized spacial score (nSPS) is 10.7. The number of aromatic nitrogens is 3. The summed E-state index contributed by atoms with van der Waals surface area (Å²) in [5.74, 6) is 0.792. The molecule has 0 saturated heterocycles. The van der Waals surface area contributed by atoms with Gasteiger partial charge in [-0.05, 0) is 23.3 Å². The Labute approximate surface area is 123 Å². The van der Waals surface area contributed by atoms with E-state index < -0.39 is 0 Å². The van der Waals surface area contributed by atoms with Crippen LogP contribution >= 0.6 is 0 Å². The van der Waals surface area contributed by atoms with Gasteiger partial charge in [-0.3, -0.25) is 4.98 Å². The number of hydrogen-bond acceptors (Lipinski definition) is 5. The number of nitrogens with zero attached hydrogens (tertiary/aromatic N) is 3. The van der Waals surface area contributed by atoms with Gasteiger partial charge in [-0.15, -0.1) is 0 Å². The molecule has 5 heteroatoms. The molecule has 0 radical (unpaired) electrons. The van der Waals surface area contributed by atoms with Crippen LogP contribution < -0.4 is 5.32 Å². The van der Waals surface area contributed by atoms with Crippen LogP contribution in [0.1, 0.15) is 11.1 Å². The monoisotopic (exact) mass is 280 g/mol. The Morgan fingerprint density at radius 2 is 1.90 bits per heavy atom. The molecule has 0 aliphatic rings. The van der Waals surface area contributed by atoms with Crippen molar-refractivity contribution in [2.45, 2.75) is 13.2 Å². The van der Waals surface area contributed by atoms with Gasteiger partial charge in [0.05, 0.1) is 6.61 Å². The average Bonchev–Trinajstić information content (AvgIpc) is 2.53. The maximum atomic E-state index is 5.15. The molecule has 1 aromatic carbocycles. The molecule has 2 aromatic heterocycles. The Bertz CT molecular complexity index is 745. The van der Waals surface area contributed by atoms with E-state index in [-0.39, 0.29) is 0 Å². The molecule has 3 rings (SSSR count). The van der Waals surface area contributed by atoms with Crippen molar-refractivity contribution in [3.8, 4) is 0 Å². The van der Waals surface area contributed by atoms with Crippen molar-refractivity contribution >= 4 is 17.0 Å². The maximum Gasteiger partial charge on any atom is 0.180 e. The topological polar surface area (TPSA) is 59.9 Å². The minimum Gasteiger partial charge on any atom is -0.380 e. The van der Waals surface area contributed by atoms with E-state index in [4.69, 9.17) is 4.74 Å². The van der Waals surface area contributed by atoms with E-state index in [0.717, 1.165) is 16.9 Å². The summed E-state index contributed by atoms with van der Waals surface area (Å²) >= 11 is 0. The zero-order valence-corrected chi connectivity index (χ0v) is 11.8. The van der Waals surface area contributed by atoms with Crippen LogP contribution in [0.3, 0.4) is 0 Å². The number of hydrogen-bond donors (Lipinski definition) is 1. The smallest absolute Gasteiger partial charge is 0.180 e. The molecule has 5 nitrogen and oxygen atoms in total. The zero-order valence-electron chi connectivity index (χ0n) is 11.8. The van der Waals surface area contributed by atoms with Gasteiger partial charge in [0.15, 0.2) is 5.65 Å². The molecule has 0 aliphatic carbocycles. The van der Waals surface area contributed by atoms with E-state index in [1.807, 2.05) is 18.2 Å². The third kappa shape index (κ3) is 3.32. The summed E-state index contributed by atoms with van der Waals surface area (Å²) in [6.07, 6.45) is 3.31. The Hall–Kier alpha value is -2.53. The molecule has 3 aromatic rings. The highest BCUT2D eigenvalue weighted by Crippen LogP contribution is 2.12. The summed E-state index contributed by atoms with van der Waals surface area (Å²) in [5.41, 5.74) is 3.79. The molecule has 21 heavy (non-hydrogen) atoms. The molecular weight excluding hydrogens is 264 g/mol. The number of benzene rings is 1. The number of fused-ring (bicyclic) bond motifs is 1. The average molecular weight is 280 g/mol. The highest BCUT2D eigenvalue weighted by molar-refractivity contribution is 5.71. The first kappa shape index (κ1) is 13.5. The van der Waals surface area contributed by atoms with Crippen LogP contribution in [-0.4, -0.2) is 22.1 Å². The predicted molar refractivity (Wildman–Crippen MR) is 81.8 cm³/mol. The highest BCUT2D eigenvalue weighted by atomic mass is 16.5. The summed E-state index contributed by atoms with van der Waals surface area (Å²) in [6, 6.07) is 12.1. The Morgan fingerprint density at radius 3 is 2.81 bits per heavy atom. The second kappa shape index (κ2) is 6.28. The Balaban J connectivity index is 1.72. The van der Waals surface area contributed by atoms with Gasteiger partial charge in [-0.2, -0.15) is 0 Å². The van der Waals surface area contributed by atoms with Crippen LogP contribution in [0.5, 0.6) is 0 Å². The lowest BCUT2D eigenvalue weighted by Gasteiger charge is -2.08. The van der Waals surface area contributed by atoms with Crippen molar-refractivity contribution in [1.29, 1.82) is 0 Å². The number of anilines is 1. The molecule has 0 amide bonds. The quantitative estimate of drug-likeness (QED) is 0.778. The SMILES string of the molecule is COCc1cccc(CNc2ccc3nccnc3n2)c1. The van der Waals surface area contributed by atoms with Crippen molar-refractivity contribution in [3.05, 3.63) is 59.9 Å². The van der Waals surface area contributed by atoms with Gasteiger partial charge < -0.3 is 10.1 Å². The predicted octanol–water partition coefficient (Wildman–Crippen LogP) is 2.78. The van der Waals surface area contributed by atoms with Gasteiger partial charge in [0.25, 0.3) is 0 Å². The maximum absolute atomic E-state index is 5.15. The summed E-state index contributed by atoms with van der Waals surface area (Å²) in [7, 11) is 1.70. The fraction of sp³-hybridized carbons (Fsp3) is 0.188. The summed E-state index contributed by atoms with van der Waals surface area (Å²) in [6.45, 7) is 1.33. The van der Waals surface area contributed by atoms with Crippen molar-refractivity contribution in [1.82, 2.24) is 15.0 Å². The van der Waals surface area contributed by atoms with E-state index >= 15 is 0 Å². The lowest BCUT2D eigenvalue weighted by Crippen LogP contribution is -2.02. The summed E-state index contributed by atoms with van der Waals surface area (Å²) < 4.78 is 5.15. The lowest BCUT2D eigenvalue weighted by atomic mass is 10.1. The fourth-order valence-corrected chi connectivity index (χ4v) is 2.14. The van der Waals surface area contributed by atoms with Gasteiger partial charge in [0, 0.05) is 26.0 Å². The molecule has 0 aliphatic heterocycles. The first-order chi connectivity index (χ1) is 10.3. The number of pyridine rings is 1. The zero-order chi connectivity index (χ0) is 14.5.